The fourth-order valence-corrected chi connectivity index (χ4v) is 15.9. The fourth-order valence-electron chi connectivity index (χ4n) is 10.3. The van der Waals surface area contributed by atoms with Crippen molar-refractivity contribution in [2.24, 2.45) is 46.3 Å². The maximum absolute atomic E-state index is 14.2. The number of ether oxygens (including phenoxy) is 3. The Hall–Kier alpha value is -0.803. The number of hydrogen-bond acceptors (Lipinski definition) is 6. The van der Waals surface area contributed by atoms with Crippen LogP contribution in [0, 0.1) is 46.3 Å². The molecule has 0 amide bonds. The number of ketones is 1. The number of carbonyl (C=O) groups excluding carboxylic acids is 1. The van der Waals surface area contributed by atoms with Gasteiger partial charge in [-0.2, -0.15) is 0 Å². The van der Waals surface area contributed by atoms with Gasteiger partial charge in [-0.1, -0.05) is 69.2 Å². The van der Waals surface area contributed by atoms with E-state index in [2.05, 4.69) is 69.2 Å². The average Bonchev–Trinajstić information content (AvgIpc) is 3.30. The van der Waals surface area contributed by atoms with Crippen molar-refractivity contribution in [2.75, 3.05) is 33.7 Å². The van der Waals surface area contributed by atoms with Gasteiger partial charge in [0.15, 0.2) is 8.32 Å². The van der Waals surface area contributed by atoms with Crippen LogP contribution in [0.4, 0.5) is 0 Å². The molecule has 8 heteroatoms. The van der Waals surface area contributed by atoms with Crippen molar-refractivity contribution in [1.29, 1.82) is 0 Å². The molecule has 3 aliphatic rings. The van der Waals surface area contributed by atoms with Crippen LogP contribution in [0.1, 0.15) is 114 Å². The van der Waals surface area contributed by atoms with Crippen LogP contribution in [0.3, 0.4) is 0 Å². The molecule has 1 N–H and O–H groups in total. The third-order valence-corrected chi connectivity index (χ3v) is 18.8. The van der Waals surface area contributed by atoms with E-state index >= 15 is 0 Å². The van der Waals surface area contributed by atoms with Crippen LogP contribution in [-0.2, 0) is 28.2 Å². The first-order valence-corrected chi connectivity index (χ1v) is 19.8. The van der Waals surface area contributed by atoms with Gasteiger partial charge in [-0.15, -0.1) is 0 Å². The molecule has 9 unspecified atom stereocenters. The number of fused-ring (bicyclic) bond motifs is 1. The molecule has 3 rings (SSSR count). The Kier molecular flexibility index (Phi) is 13.2. The molecule has 0 bridgehead atoms. The monoisotopic (exact) mass is 638 g/mol. The minimum absolute atomic E-state index is 0.0101. The van der Waals surface area contributed by atoms with Gasteiger partial charge in [0.2, 0.25) is 0 Å². The van der Waals surface area contributed by atoms with Crippen LogP contribution in [0.2, 0.25) is 16.6 Å². The quantitative estimate of drug-likeness (QED) is 0.134. The van der Waals surface area contributed by atoms with Gasteiger partial charge in [0.25, 0.3) is 0 Å². The van der Waals surface area contributed by atoms with E-state index in [9.17, 15) is 14.7 Å². The highest BCUT2D eigenvalue weighted by molar-refractivity contribution is 6.77. The zero-order valence-electron chi connectivity index (χ0n) is 29.9. The van der Waals surface area contributed by atoms with Crippen molar-refractivity contribution in [1.82, 2.24) is 0 Å². The Morgan fingerprint density at radius 2 is 1.45 bits per heavy atom. The summed E-state index contributed by atoms with van der Waals surface area (Å²) in [5, 5.41) is 10.2. The molecule has 44 heavy (non-hydrogen) atoms. The number of carboxylic acids is 1. The SMILES string of the molecule is COCOC1CCC(C)(C2CCC3(C)C(CCC3C(C)COCC(C)CO[Si](C(C)C)(C(C)C)C(C)C)C2=O)C(C(=O)O)C1. The molecular weight excluding hydrogens is 572 g/mol. The summed E-state index contributed by atoms with van der Waals surface area (Å²) in [4.78, 5) is 26.7. The minimum atomic E-state index is -1.88. The Morgan fingerprint density at radius 3 is 2.02 bits per heavy atom. The van der Waals surface area contributed by atoms with Gasteiger partial charge in [0.1, 0.15) is 12.6 Å². The van der Waals surface area contributed by atoms with Crippen LogP contribution in [0.25, 0.3) is 0 Å². The first-order valence-electron chi connectivity index (χ1n) is 17.6. The van der Waals surface area contributed by atoms with E-state index in [-0.39, 0.29) is 30.1 Å². The second kappa shape index (κ2) is 15.4. The number of carbonyl (C=O) groups is 2. The first kappa shape index (κ1) is 37.7. The van der Waals surface area contributed by atoms with Crippen LogP contribution in [0.5, 0.6) is 0 Å². The van der Waals surface area contributed by atoms with E-state index in [0.717, 1.165) is 38.7 Å². The zero-order chi connectivity index (χ0) is 33.0. The summed E-state index contributed by atoms with van der Waals surface area (Å²) in [6.07, 6.45) is 5.48. The minimum Gasteiger partial charge on any atom is -0.481 e. The molecule has 0 aromatic heterocycles. The van der Waals surface area contributed by atoms with E-state index in [4.69, 9.17) is 18.6 Å². The molecule has 0 radical (unpaired) electrons. The van der Waals surface area contributed by atoms with Crippen LogP contribution >= 0.6 is 0 Å². The van der Waals surface area contributed by atoms with Gasteiger partial charge in [-0.25, -0.2) is 0 Å². The molecule has 0 aliphatic heterocycles. The van der Waals surface area contributed by atoms with Crippen molar-refractivity contribution in [3.05, 3.63) is 0 Å². The smallest absolute Gasteiger partial charge is 0.307 e. The van der Waals surface area contributed by atoms with E-state index in [1.54, 1.807) is 7.11 Å². The summed E-state index contributed by atoms with van der Waals surface area (Å²) >= 11 is 0. The summed E-state index contributed by atoms with van der Waals surface area (Å²) in [7, 11) is -0.304. The Bertz CT molecular complexity index is 931. The lowest BCUT2D eigenvalue weighted by Gasteiger charge is -2.52. The normalized spacial score (nSPS) is 34.5. The fraction of sp³-hybridized carbons (Fsp3) is 0.944. The Morgan fingerprint density at radius 1 is 0.864 bits per heavy atom. The number of hydrogen-bond donors (Lipinski definition) is 1. The molecule has 0 spiro atoms. The largest absolute Gasteiger partial charge is 0.481 e. The number of carboxylic acid groups (broad SMARTS) is 1. The molecule has 0 aromatic carbocycles. The van der Waals surface area contributed by atoms with Crippen LogP contribution in [0.15, 0.2) is 0 Å². The second-order valence-corrected chi connectivity index (χ2v) is 21.8. The van der Waals surface area contributed by atoms with Crippen LogP contribution in [-0.4, -0.2) is 65.0 Å². The molecule has 3 saturated carbocycles. The Balaban J connectivity index is 1.58. The molecule has 3 aliphatic carbocycles. The van der Waals surface area contributed by atoms with Gasteiger partial charge < -0.3 is 23.7 Å². The number of aliphatic carboxylic acids is 1. The number of rotatable bonds is 16. The van der Waals surface area contributed by atoms with Crippen molar-refractivity contribution in [3.63, 3.8) is 0 Å². The zero-order valence-corrected chi connectivity index (χ0v) is 30.9. The number of Topliss-reactive ketones (excluding diaryl/α,β-unsaturated/α-hetero) is 1. The summed E-state index contributed by atoms with van der Waals surface area (Å²) in [5.41, 5.74) is 1.14. The highest BCUT2D eigenvalue weighted by Crippen LogP contribution is 2.61. The molecule has 256 valence electrons. The third kappa shape index (κ3) is 7.50. The lowest BCUT2D eigenvalue weighted by atomic mass is 9.51. The summed E-state index contributed by atoms with van der Waals surface area (Å²) in [6.45, 7) is 25.2. The first-order chi connectivity index (χ1) is 20.6. The van der Waals surface area contributed by atoms with Gasteiger partial charge in [-0.3, -0.25) is 9.59 Å². The van der Waals surface area contributed by atoms with Gasteiger partial charge in [-0.05, 0) is 84.2 Å². The van der Waals surface area contributed by atoms with E-state index in [1.165, 1.54) is 0 Å². The molecule has 9 atom stereocenters. The standard InChI is InChI=1S/C36H66O7Si/c1-23(2)44(24(3)4,25(5)6)43-20-26(7)19-41-21-27(8)29-12-13-30-33(37)31(15-17-35(29,30)9)36(10)16-14-28(42-22-40-11)18-32(36)34(38)39/h23-32H,12-22H2,1-11H3,(H,38,39). The van der Waals surface area contributed by atoms with Crippen molar-refractivity contribution >= 4 is 20.1 Å². The second-order valence-electron chi connectivity index (χ2n) is 16.4. The summed E-state index contributed by atoms with van der Waals surface area (Å²) in [5.74, 6) is -0.112. The predicted octanol–water partition coefficient (Wildman–Crippen LogP) is 8.36. The van der Waals surface area contributed by atoms with E-state index < -0.39 is 25.6 Å². The molecule has 0 aromatic rings. The van der Waals surface area contributed by atoms with Crippen molar-refractivity contribution in [3.8, 4) is 0 Å². The van der Waals surface area contributed by atoms with Gasteiger partial charge >= 0.3 is 5.97 Å². The molecule has 0 heterocycles. The lowest BCUT2D eigenvalue weighted by molar-refractivity contribution is -0.167. The van der Waals surface area contributed by atoms with Gasteiger partial charge in [0.05, 0.1) is 18.6 Å². The average molecular weight is 639 g/mol. The topological polar surface area (TPSA) is 91.3 Å². The predicted molar refractivity (Wildman–Crippen MR) is 178 cm³/mol. The van der Waals surface area contributed by atoms with E-state index in [0.29, 0.717) is 66.2 Å². The van der Waals surface area contributed by atoms with Gasteiger partial charge in [0, 0.05) is 38.1 Å². The maximum Gasteiger partial charge on any atom is 0.307 e. The third-order valence-electron chi connectivity index (χ3n) is 12.7. The summed E-state index contributed by atoms with van der Waals surface area (Å²) in [6, 6.07) is 0. The molecule has 0 saturated heterocycles. The highest BCUT2D eigenvalue weighted by atomic mass is 28.4. The summed E-state index contributed by atoms with van der Waals surface area (Å²) < 4.78 is 24.0. The lowest BCUT2D eigenvalue weighted by Crippen LogP contribution is -2.53. The number of methoxy groups -OCH3 is 1. The van der Waals surface area contributed by atoms with Crippen LogP contribution < -0.4 is 0 Å². The van der Waals surface area contributed by atoms with Crippen molar-refractivity contribution < 1.29 is 33.3 Å². The Labute approximate surface area is 270 Å². The molecule has 3 fully saturated rings. The molecular formula is C36H66O7Si. The highest BCUT2D eigenvalue weighted by Gasteiger charge is 2.60. The van der Waals surface area contributed by atoms with Crippen molar-refractivity contribution in [2.45, 2.75) is 137 Å². The maximum atomic E-state index is 14.2. The van der Waals surface area contributed by atoms with E-state index in [1.807, 2.05) is 0 Å². The molecule has 7 nitrogen and oxygen atoms in total.